The fourth-order valence-electron chi connectivity index (χ4n) is 0.740. The van der Waals surface area contributed by atoms with Crippen molar-refractivity contribution in [3.05, 3.63) is 0 Å². The molecule has 0 radical (unpaired) electrons. The number of hydrogen-bond acceptors (Lipinski definition) is 1. The summed E-state index contributed by atoms with van der Waals surface area (Å²) in [5.41, 5.74) is 0. The van der Waals surface area contributed by atoms with Gasteiger partial charge in [-0.3, -0.25) is 4.55 Å². The molecule has 0 aromatic heterocycles. The smallest absolute Gasteiger partial charge is 0.234 e. The summed E-state index contributed by atoms with van der Waals surface area (Å²) in [6, 6.07) is 0. The van der Waals surface area contributed by atoms with Crippen molar-refractivity contribution < 1.29 is 8.76 Å². The molecule has 0 amide bonds. The highest BCUT2D eigenvalue weighted by atomic mass is 79.9. The number of nitrogens with zero attached hydrogens (tertiary/aromatic N) is 1. The Labute approximate surface area is 92.6 Å². The number of hydrogen-bond donors (Lipinski definition) is 1. The standard InChI is InChI=1S/C6H13Br2NO2S/c7-3-1-5-9(12(10)11)6-2-4-8/h1-6H2,(H,10,11). The average Bonchev–Trinajstić information content (AvgIpc) is 2.04. The number of rotatable bonds is 7. The molecular formula is C6H13Br2NO2S. The molecule has 1 atom stereocenters. The van der Waals surface area contributed by atoms with Crippen LogP contribution in [0.3, 0.4) is 0 Å². The van der Waals surface area contributed by atoms with Crippen LogP contribution in [0.4, 0.5) is 0 Å². The topological polar surface area (TPSA) is 40.5 Å². The molecule has 0 heterocycles. The van der Waals surface area contributed by atoms with E-state index in [1.165, 1.54) is 0 Å². The van der Waals surface area contributed by atoms with Gasteiger partial charge < -0.3 is 0 Å². The van der Waals surface area contributed by atoms with Crippen molar-refractivity contribution in [2.45, 2.75) is 12.8 Å². The first-order valence-corrected chi connectivity index (χ1v) is 7.01. The zero-order chi connectivity index (χ0) is 9.40. The van der Waals surface area contributed by atoms with Gasteiger partial charge in [0.15, 0.2) is 0 Å². The van der Waals surface area contributed by atoms with Crippen LogP contribution in [0.15, 0.2) is 0 Å². The fraction of sp³-hybridized carbons (Fsp3) is 1.00. The van der Waals surface area contributed by atoms with Crippen molar-refractivity contribution in [2.24, 2.45) is 0 Å². The van der Waals surface area contributed by atoms with E-state index in [4.69, 9.17) is 4.55 Å². The molecule has 12 heavy (non-hydrogen) atoms. The molecule has 1 unspecified atom stereocenters. The molecule has 3 nitrogen and oxygen atoms in total. The van der Waals surface area contributed by atoms with Crippen molar-refractivity contribution in [1.29, 1.82) is 0 Å². The van der Waals surface area contributed by atoms with Gasteiger partial charge in [-0.1, -0.05) is 31.9 Å². The van der Waals surface area contributed by atoms with Gasteiger partial charge in [0, 0.05) is 23.7 Å². The zero-order valence-electron chi connectivity index (χ0n) is 6.71. The summed E-state index contributed by atoms with van der Waals surface area (Å²) in [5, 5.41) is 1.74. The van der Waals surface area contributed by atoms with Crippen LogP contribution in [0.2, 0.25) is 0 Å². The first-order valence-electron chi connectivity index (χ1n) is 3.70. The molecule has 0 aliphatic carbocycles. The Balaban J connectivity index is 3.62. The zero-order valence-corrected chi connectivity index (χ0v) is 10.7. The molecule has 6 heteroatoms. The lowest BCUT2D eigenvalue weighted by Crippen LogP contribution is -2.28. The van der Waals surface area contributed by atoms with Crippen molar-refractivity contribution in [2.75, 3.05) is 23.7 Å². The third kappa shape index (κ3) is 6.54. The van der Waals surface area contributed by atoms with Crippen LogP contribution in [0.5, 0.6) is 0 Å². The van der Waals surface area contributed by atoms with Gasteiger partial charge in [0.1, 0.15) is 0 Å². The summed E-state index contributed by atoms with van der Waals surface area (Å²) in [4.78, 5) is 0. The largest absolute Gasteiger partial charge is 0.294 e. The Bertz CT molecular complexity index is 129. The van der Waals surface area contributed by atoms with Crippen LogP contribution in [-0.2, 0) is 11.3 Å². The van der Waals surface area contributed by atoms with E-state index in [-0.39, 0.29) is 0 Å². The molecule has 74 valence electrons. The Kier molecular flexibility index (Phi) is 9.36. The molecule has 0 spiro atoms. The molecule has 0 aliphatic heterocycles. The normalized spacial score (nSPS) is 13.7. The van der Waals surface area contributed by atoms with Gasteiger partial charge >= 0.3 is 0 Å². The summed E-state index contributed by atoms with van der Waals surface area (Å²) in [6.45, 7) is 1.34. The summed E-state index contributed by atoms with van der Waals surface area (Å²) in [5.74, 6) is 0. The van der Waals surface area contributed by atoms with E-state index in [9.17, 15) is 4.21 Å². The maximum atomic E-state index is 10.7. The first kappa shape index (κ1) is 13.0. The molecule has 0 saturated heterocycles. The lowest BCUT2D eigenvalue weighted by atomic mass is 10.4. The van der Waals surface area contributed by atoms with E-state index in [0.29, 0.717) is 13.1 Å². The Hall–Kier alpha value is 1.03. The van der Waals surface area contributed by atoms with Gasteiger partial charge in [0.2, 0.25) is 11.3 Å². The molecule has 0 fully saturated rings. The highest BCUT2D eigenvalue weighted by Crippen LogP contribution is 2.00. The third-order valence-electron chi connectivity index (χ3n) is 1.30. The van der Waals surface area contributed by atoms with E-state index < -0.39 is 11.3 Å². The Morgan fingerprint density at radius 1 is 1.17 bits per heavy atom. The number of halogens is 2. The molecule has 0 aromatic rings. The molecule has 0 saturated carbocycles. The van der Waals surface area contributed by atoms with Gasteiger partial charge in [0.25, 0.3) is 0 Å². The van der Waals surface area contributed by atoms with Crippen LogP contribution in [0, 0.1) is 0 Å². The van der Waals surface area contributed by atoms with Crippen LogP contribution in [0.1, 0.15) is 12.8 Å². The molecule has 0 aliphatic rings. The highest BCUT2D eigenvalue weighted by molar-refractivity contribution is 9.09. The van der Waals surface area contributed by atoms with Crippen LogP contribution in [0.25, 0.3) is 0 Å². The lowest BCUT2D eigenvalue weighted by molar-refractivity contribution is 0.398. The van der Waals surface area contributed by atoms with Gasteiger partial charge in [0.05, 0.1) is 0 Å². The van der Waals surface area contributed by atoms with Crippen molar-refractivity contribution in [3.63, 3.8) is 0 Å². The monoisotopic (exact) mass is 321 g/mol. The van der Waals surface area contributed by atoms with Crippen LogP contribution >= 0.6 is 31.9 Å². The van der Waals surface area contributed by atoms with E-state index in [1.807, 2.05) is 0 Å². The van der Waals surface area contributed by atoms with E-state index in [0.717, 1.165) is 23.5 Å². The minimum absolute atomic E-state index is 0.668. The van der Waals surface area contributed by atoms with Gasteiger partial charge in [-0.2, -0.15) is 0 Å². The molecule has 1 N–H and O–H groups in total. The maximum Gasteiger partial charge on any atom is 0.234 e. The fourth-order valence-corrected chi connectivity index (χ4v) is 1.81. The minimum atomic E-state index is -1.81. The SMILES string of the molecule is O=S(O)N(CCCBr)CCCBr. The third-order valence-corrected chi connectivity index (χ3v) is 3.23. The molecule has 0 rings (SSSR count). The predicted octanol–water partition coefficient (Wildman–Crippen LogP) is 2.00. The summed E-state index contributed by atoms with van der Waals surface area (Å²) in [7, 11) is 0. The predicted molar refractivity (Wildman–Crippen MR) is 59.2 cm³/mol. The van der Waals surface area contributed by atoms with Crippen LogP contribution in [-0.4, -0.2) is 36.8 Å². The summed E-state index contributed by atoms with van der Waals surface area (Å²) < 4.78 is 21.1. The second kappa shape index (κ2) is 8.62. The average molecular weight is 323 g/mol. The van der Waals surface area contributed by atoms with Crippen molar-refractivity contribution >= 4 is 43.1 Å². The minimum Gasteiger partial charge on any atom is -0.294 e. The molecule has 0 bridgehead atoms. The van der Waals surface area contributed by atoms with Crippen molar-refractivity contribution in [1.82, 2.24) is 4.31 Å². The summed E-state index contributed by atoms with van der Waals surface area (Å²) >= 11 is 4.74. The van der Waals surface area contributed by atoms with Crippen LogP contribution < -0.4 is 0 Å². The number of alkyl halides is 2. The van der Waals surface area contributed by atoms with E-state index in [1.54, 1.807) is 4.31 Å². The lowest BCUT2D eigenvalue weighted by Gasteiger charge is -2.15. The molecule has 0 aromatic carbocycles. The highest BCUT2D eigenvalue weighted by Gasteiger charge is 2.08. The second-order valence-electron chi connectivity index (χ2n) is 2.24. The van der Waals surface area contributed by atoms with Crippen molar-refractivity contribution in [3.8, 4) is 0 Å². The maximum absolute atomic E-state index is 10.7. The van der Waals surface area contributed by atoms with Gasteiger partial charge in [-0.15, -0.1) is 0 Å². The quantitative estimate of drug-likeness (QED) is 0.575. The van der Waals surface area contributed by atoms with E-state index >= 15 is 0 Å². The second-order valence-corrected chi connectivity index (χ2v) is 4.81. The summed E-state index contributed by atoms with van der Waals surface area (Å²) in [6.07, 6.45) is 1.79. The Morgan fingerprint density at radius 2 is 1.58 bits per heavy atom. The molecular weight excluding hydrogens is 310 g/mol. The Morgan fingerprint density at radius 3 is 1.83 bits per heavy atom. The first-order chi connectivity index (χ1) is 5.72. The van der Waals surface area contributed by atoms with E-state index in [2.05, 4.69) is 31.9 Å². The van der Waals surface area contributed by atoms with Gasteiger partial charge in [-0.25, -0.2) is 8.51 Å². The van der Waals surface area contributed by atoms with Gasteiger partial charge in [-0.05, 0) is 12.8 Å².